The average Bonchev–Trinajstić information content (AvgIpc) is 3.28. The highest BCUT2D eigenvalue weighted by Crippen LogP contribution is 2.36. The van der Waals surface area contributed by atoms with Crippen molar-refractivity contribution in [3.05, 3.63) is 59.7 Å². The SMILES string of the molecule is O=C(C=Cc1cccc2c1OCO2)c1ccc(N2CCOC2=O)cc1. The number of carbonyl (C=O) groups excluding carboxylic acids is 2. The first-order valence-corrected chi connectivity index (χ1v) is 7.88. The summed E-state index contributed by atoms with van der Waals surface area (Å²) in [5.41, 5.74) is 2.05. The maximum Gasteiger partial charge on any atom is 0.414 e. The van der Waals surface area contributed by atoms with E-state index in [-0.39, 0.29) is 18.7 Å². The predicted octanol–water partition coefficient (Wildman–Crippen LogP) is 3.27. The molecule has 0 N–H and O–H groups in total. The van der Waals surface area contributed by atoms with Gasteiger partial charge in [0.15, 0.2) is 17.3 Å². The fourth-order valence-corrected chi connectivity index (χ4v) is 2.78. The number of hydrogen-bond donors (Lipinski definition) is 0. The Bertz CT molecular complexity index is 857. The van der Waals surface area contributed by atoms with Crippen molar-refractivity contribution in [1.82, 2.24) is 0 Å². The summed E-state index contributed by atoms with van der Waals surface area (Å²) in [6.07, 6.45) is 2.84. The summed E-state index contributed by atoms with van der Waals surface area (Å²) in [7, 11) is 0. The molecule has 25 heavy (non-hydrogen) atoms. The van der Waals surface area contributed by atoms with Crippen molar-refractivity contribution in [1.29, 1.82) is 0 Å². The van der Waals surface area contributed by atoms with Gasteiger partial charge in [-0.2, -0.15) is 0 Å². The number of cyclic esters (lactones) is 1. The second-order valence-electron chi connectivity index (χ2n) is 5.59. The minimum atomic E-state index is -0.362. The zero-order valence-electron chi connectivity index (χ0n) is 13.3. The van der Waals surface area contributed by atoms with E-state index >= 15 is 0 Å². The second kappa shape index (κ2) is 6.32. The van der Waals surface area contributed by atoms with Crippen LogP contribution >= 0.6 is 0 Å². The van der Waals surface area contributed by atoms with Gasteiger partial charge in [0.1, 0.15) is 6.61 Å². The highest BCUT2D eigenvalue weighted by Gasteiger charge is 2.23. The first kappa shape index (κ1) is 15.3. The molecule has 0 radical (unpaired) electrons. The summed E-state index contributed by atoms with van der Waals surface area (Å²) < 4.78 is 15.6. The van der Waals surface area contributed by atoms with E-state index in [1.54, 1.807) is 30.3 Å². The van der Waals surface area contributed by atoms with Crippen molar-refractivity contribution in [3.63, 3.8) is 0 Å². The fourth-order valence-electron chi connectivity index (χ4n) is 2.78. The van der Waals surface area contributed by atoms with Crippen LogP contribution in [0.3, 0.4) is 0 Å². The van der Waals surface area contributed by atoms with Crippen molar-refractivity contribution in [3.8, 4) is 11.5 Å². The topological polar surface area (TPSA) is 65.1 Å². The van der Waals surface area contributed by atoms with Gasteiger partial charge in [0, 0.05) is 16.8 Å². The number of ketones is 1. The number of carbonyl (C=O) groups is 2. The zero-order valence-corrected chi connectivity index (χ0v) is 13.3. The number of rotatable bonds is 4. The molecular formula is C19H15NO5. The van der Waals surface area contributed by atoms with Gasteiger partial charge < -0.3 is 14.2 Å². The van der Waals surface area contributed by atoms with Gasteiger partial charge in [-0.3, -0.25) is 9.69 Å². The zero-order chi connectivity index (χ0) is 17.2. The van der Waals surface area contributed by atoms with E-state index in [9.17, 15) is 9.59 Å². The first-order chi connectivity index (χ1) is 12.2. The van der Waals surface area contributed by atoms with Crippen LogP contribution in [0.2, 0.25) is 0 Å². The van der Waals surface area contributed by atoms with Crippen LogP contribution in [0.5, 0.6) is 11.5 Å². The molecule has 0 aliphatic carbocycles. The number of hydrogen-bond acceptors (Lipinski definition) is 5. The van der Waals surface area contributed by atoms with Crippen LogP contribution in [0.1, 0.15) is 15.9 Å². The number of ether oxygens (including phenoxy) is 3. The lowest BCUT2D eigenvalue weighted by Crippen LogP contribution is -2.23. The summed E-state index contributed by atoms with van der Waals surface area (Å²) in [5.74, 6) is 1.19. The van der Waals surface area contributed by atoms with Crippen molar-refractivity contribution in [2.24, 2.45) is 0 Å². The van der Waals surface area contributed by atoms with Crippen LogP contribution in [-0.4, -0.2) is 31.8 Å². The predicted molar refractivity (Wildman–Crippen MR) is 91.1 cm³/mol. The van der Waals surface area contributed by atoms with E-state index in [0.29, 0.717) is 30.2 Å². The Hall–Kier alpha value is -3.28. The van der Waals surface area contributed by atoms with Crippen molar-refractivity contribution >= 4 is 23.6 Å². The van der Waals surface area contributed by atoms with E-state index < -0.39 is 0 Å². The molecule has 0 unspecified atom stereocenters. The number of nitrogens with zero attached hydrogens (tertiary/aromatic N) is 1. The normalized spacial score (nSPS) is 15.7. The molecule has 2 aliphatic heterocycles. The summed E-state index contributed by atoms with van der Waals surface area (Å²) in [6.45, 7) is 1.09. The Morgan fingerprint density at radius 1 is 1.04 bits per heavy atom. The molecule has 126 valence electrons. The quantitative estimate of drug-likeness (QED) is 0.633. The Morgan fingerprint density at radius 3 is 2.64 bits per heavy atom. The van der Waals surface area contributed by atoms with Gasteiger partial charge >= 0.3 is 6.09 Å². The molecule has 4 rings (SSSR count). The maximum absolute atomic E-state index is 12.4. The number of benzene rings is 2. The van der Waals surface area contributed by atoms with Gasteiger partial charge in [-0.1, -0.05) is 12.1 Å². The van der Waals surface area contributed by atoms with Crippen LogP contribution in [0, 0.1) is 0 Å². The van der Waals surface area contributed by atoms with Crippen molar-refractivity contribution in [2.75, 3.05) is 24.8 Å². The fraction of sp³-hybridized carbons (Fsp3) is 0.158. The monoisotopic (exact) mass is 337 g/mol. The molecule has 2 aliphatic rings. The highest BCUT2D eigenvalue weighted by atomic mass is 16.7. The van der Waals surface area contributed by atoms with Gasteiger partial charge in [0.25, 0.3) is 0 Å². The molecule has 2 heterocycles. The number of amides is 1. The van der Waals surface area contributed by atoms with Crippen LogP contribution in [0.25, 0.3) is 6.08 Å². The molecule has 6 heteroatoms. The Kier molecular flexibility index (Phi) is 3.85. The molecule has 1 saturated heterocycles. The number of fused-ring (bicyclic) bond motifs is 1. The summed E-state index contributed by atoms with van der Waals surface area (Å²) >= 11 is 0. The van der Waals surface area contributed by atoms with Crippen molar-refractivity contribution in [2.45, 2.75) is 0 Å². The molecule has 2 aromatic carbocycles. The number of anilines is 1. The van der Waals surface area contributed by atoms with Gasteiger partial charge in [-0.15, -0.1) is 0 Å². The third-order valence-corrected chi connectivity index (χ3v) is 4.07. The average molecular weight is 337 g/mol. The second-order valence-corrected chi connectivity index (χ2v) is 5.59. The van der Waals surface area contributed by atoms with Crippen LogP contribution in [-0.2, 0) is 4.74 Å². The van der Waals surface area contributed by atoms with Crippen molar-refractivity contribution < 1.29 is 23.8 Å². The van der Waals surface area contributed by atoms with E-state index in [0.717, 1.165) is 11.3 Å². The molecule has 0 bridgehead atoms. The Balaban J connectivity index is 1.50. The summed E-state index contributed by atoms with van der Waals surface area (Å²) in [6, 6.07) is 12.4. The summed E-state index contributed by atoms with van der Waals surface area (Å²) in [5, 5.41) is 0. The summed E-state index contributed by atoms with van der Waals surface area (Å²) in [4.78, 5) is 25.4. The first-order valence-electron chi connectivity index (χ1n) is 7.88. The smallest absolute Gasteiger partial charge is 0.414 e. The van der Waals surface area contributed by atoms with E-state index in [1.807, 2.05) is 18.2 Å². The lowest BCUT2D eigenvalue weighted by atomic mass is 10.1. The largest absolute Gasteiger partial charge is 0.454 e. The molecule has 0 aromatic heterocycles. The Labute approximate surface area is 144 Å². The number of allylic oxidation sites excluding steroid dienone is 1. The van der Waals surface area contributed by atoms with Gasteiger partial charge in [0.05, 0.1) is 6.54 Å². The molecule has 0 saturated carbocycles. The van der Waals surface area contributed by atoms with E-state index in [2.05, 4.69) is 0 Å². The molecule has 2 aromatic rings. The number of para-hydroxylation sites is 1. The standard InChI is InChI=1S/C19H15NO5/c21-16(9-6-14-2-1-3-17-18(14)25-12-24-17)13-4-7-15(8-5-13)20-10-11-23-19(20)22/h1-9H,10-12H2. The van der Waals surface area contributed by atoms with E-state index in [1.165, 1.54) is 11.0 Å². The molecule has 0 atom stereocenters. The molecule has 1 fully saturated rings. The van der Waals surface area contributed by atoms with Crippen LogP contribution < -0.4 is 14.4 Å². The lowest BCUT2D eigenvalue weighted by Gasteiger charge is -2.12. The third kappa shape index (κ3) is 2.94. The molecule has 6 nitrogen and oxygen atoms in total. The third-order valence-electron chi connectivity index (χ3n) is 4.07. The molecular weight excluding hydrogens is 322 g/mol. The van der Waals surface area contributed by atoms with Crippen LogP contribution in [0.4, 0.5) is 10.5 Å². The highest BCUT2D eigenvalue weighted by molar-refractivity contribution is 6.07. The Morgan fingerprint density at radius 2 is 1.88 bits per heavy atom. The van der Waals surface area contributed by atoms with E-state index in [4.69, 9.17) is 14.2 Å². The minimum Gasteiger partial charge on any atom is -0.454 e. The van der Waals surface area contributed by atoms with Gasteiger partial charge in [-0.05, 0) is 42.5 Å². The molecule has 0 spiro atoms. The maximum atomic E-state index is 12.4. The lowest BCUT2D eigenvalue weighted by molar-refractivity contribution is 0.104. The molecule has 1 amide bonds. The van der Waals surface area contributed by atoms with Gasteiger partial charge in [0.2, 0.25) is 6.79 Å². The minimum absolute atomic E-state index is 0.132. The van der Waals surface area contributed by atoms with Crippen LogP contribution in [0.15, 0.2) is 48.5 Å². The van der Waals surface area contributed by atoms with Gasteiger partial charge in [-0.25, -0.2) is 4.79 Å².